The van der Waals surface area contributed by atoms with Crippen molar-refractivity contribution in [2.75, 3.05) is 19.1 Å². The van der Waals surface area contributed by atoms with Gasteiger partial charge in [0.05, 0.1) is 30.2 Å². The first kappa shape index (κ1) is 18.8. The number of rotatable bonds is 7. The van der Waals surface area contributed by atoms with Gasteiger partial charge in [-0.05, 0) is 37.1 Å². The van der Waals surface area contributed by atoms with E-state index in [0.29, 0.717) is 19.6 Å². The average molecular weight is 388 g/mol. The number of aromatic nitrogens is 2. The zero-order valence-corrected chi connectivity index (χ0v) is 16.5. The lowest BCUT2D eigenvalue weighted by molar-refractivity contribution is 0.309. The highest BCUT2D eigenvalue weighted by Gasteiger charge is 2.25. The Kier molecular flexibility index (Phi) is 5.33. The van der Waals surface area contributed by atoms with Crippen LogP contribution >= 0.6 is 0 Å². The number of nitrogens with zero attached hydrogens (tertiary/aromatic N) is 3. The summed E-state index contributed by atoms with van der Waals surface area (Å²) in [4.78, 5) is 17.3. The second kappa shape index (κ2) is 8.22. The van der Waals surface area contributed by atoms with Gasteiger partial charge in [-0.3, -0.25) is 20.2 Å². The van der Waals surface area contributed by atoms with Gasteiger partial charge in [0.15, 0.2) is 0 Å². The Balaban J connectivity index is 1.61. The number of para-hydroxylation sites is 1. The molecule has 148 valence electrons. The third-order valence-corrected chi connectivity index (χ3v) is 5.02. The number of nitrogens with one attached hydrogen (secondary N) is 1. The standard InChI is InChI=1S/C23H24N4O2/c1-17-23-20(25-26(17)2)15-22(28)27(16-18-9-6-7-13-24-18)21(23)12-8-14-29-19-10-4-3-5-11-19/h3-7,9-11,13,15,25H,1,8,12,14,16H2,2H3. The van der Waals surface area contributed by atoms with E-state index in [9.17, 15) is 4.79 Å². The zero-order valence-electron chi connectivity index (χ0n) is 16.5. The van der Waals surface area contributed by atoms with E-state index in [1.165, 1.54) is 0 Å². The van der Waals surface area contributed by atoms with Crippen molar-refractivity contribution in [2.45, 2.75) is 19.4 Å². The first-order valence-corrected chi connectivity index (χ1v) is 9.67. The van der Waals surface area contributed by atoms with E-state index in [4.69, 9.17) is 4.74 Å². The molecular formula is C23H24N4O2. The van der Waals surface area contributed by atoms with Gasteiger partial charge < -0.3 is 9.30 Å². The normalized spacial score (nSPS) is 12.6. The molecule has 0 atom stereocenters. The van der Waals surface area contributed by atoms with Gasteiger partial charge in [0.1, 0.15) is 5.75 Å². The van der Waals surface area contributed by atoms with Crippen molar-refractivity contribution in [3.8, 4) is 5.75 Å². The molecule has 3 heterocycles. The largest absolute Gasteiger partial charge is 0.494 e. The fraction of sp³-hybridized carbons (Fsp3) is 0.217. The molecule has 0 radical (unpaired) electrons. The fourth-order valence-electron chi connectivity index (χ4n) is 3.56. The molecule has 1 N–H and O–H groups in total. The molecule has 3 aromatic rings. The van der Waals surface area contributed by atoms with Crippen molar-refractivity contribution in [3.63, 3.8) is 0 Å². The van der Waals surface area contributed by atoms with Crippen LogP contribution in [0.5, 0.6) is 5.75 Å². The van der Waals surface area contributed by atoms with Gasteiger partial charge in [0, 0.05) is 30.6 Å². The highest BCUT2D eigenvalue weighted by Crippen LogP contribution is 2.34. The van der Waals surface area contributed by atoms with Crippen LogP contribution < -0.4 is 15.7 Å². The second-order valence-electron chi connectivity index (χ2n) is 7.01. The van der Waals surface area contributed by atoms with E-state index in [-0.39, 0.29) is 5.56 Å². The van der Waals surface area contributed by atoms with Crippen molar-refractivity contribution < 1.29 is 4.74 Å². The van der Waals surface area contributed by atoms with Gasteiger partial charge in [0.25, 0.3) is 5.56 Å². The number of hydrogen-bond donors (Lipinski definition) is 1. The van der Waals surface area contributed by atoms with Crippen LogP contribution in [-0.4, -0.2) is 28.2 Å². The Morgan fingerprint density at radius 2 is 1.93 bits per heavy atom. The Morgan fingerprint density at radius 3 is 2.69 bits per heavy atom. The van der Waals surface area contributed by atoms with Crippen LogP contribution in [0, 0.1) is 0 Å². The summed E-state index contributed by atoms with van der Waals surface area (Å²) in [7, 11) is 1.90. The van der Waals surface area contributed by atoms with Gasteiger partial charge in [-0.15, -0.1) is 0 Å². The molecule has 1 aromatic carbocycles. The molecule has 0 aliphatic carbocycles. The summed E-state index contributed by atoms with van der Waals surface area (Å²) >= 11 is 0. The van der Waals surface area contributed by atoms with Crippen LogP contribution in [0.2, 0.25) is 0 Å². The number of ether oxygens (including phenoxy) is 1. The molecule has 0 spiro atoms. The van der Waals surface area contributed by atoms with Crippen molar-refractivity contribution in [3.05, 3.63) is 94.7 Å². The average Bonchev–Trinajstić information content (AvgIpc) is 3.02. The summed E-state index contributed by atoms with van der Waals surface area (Å²) < 4.78 is 7.64. The molecule has 0 bridgehead atoms. The fourth-order valence-corrected chi connectivity index (χ4v) is 3.56. The number of benzene rings is 1. The van der Waals surface area contributed by atoms with Crippen molar-refractivity contribution in [1.29, 1.82) is 0 Å². The molecule has 0 fully saturated rings. The third kappa shape index (κ3) is 4.01. The zero-order chi connectivity index (χ0) is 20.2. The van der Waals surface area contributed by atoms with Crippen LogP contribution in [0.1, 0.15) is 23.4 Å². The summed E-state index contributed by atoms with van der Waals surface area (Å²) in [5, 5.41) is 1.85. The second-order valence-corrected chi connectivity index (χ2v) is 7.01. The first-order valence-electron chi connectivity index (χ1n) is 9.67. The Hall–Kier alpha value is -3.54. The number of hydrazine groups is 1. The van der Waals surface area contributed by atoms with Crippen LogP contribution in [0.4, 0.5) is 5.69 Å². The molecular weight excluding hydrogens is 364 g/mol. The molecule has 6 nitrogen and oxygen atoms in total. The van der Waals surface area contributed by atoms with Crippen molar-refractivity contribution >= 4 is 11.4 Å². The predicted molar refractivity (Wildman–Crippen MR) is 115 cm³/mol. The van der Waals surface area contributed by atoms with E-state index in [0.717, 1.165) is 40.5 Å². The lowest BCUT2D eigenvalue weighted by atomic mass is 10.0. The topological polar surface area (TPSA) is 59.4 Å². The van der Waals surface area contributed by atoms with Crippen molar-refractivity contribution in [2.24, 2.45) is 0 Å². The van der Waals surface area contributed by atoms with Crippen LogP contribution in [0.3, 0.4) is 0 Å². The summed E-state index contributed by atoms with van der Waals surface area (Å²) in [6.45, 7) is 5.19. The minimum atomic E-state index is -0.0519. The summed E-state index contributed by atoms with van der Waals surface area (Å²) in [6.07, 6.45) is 3.23. The van der Waals surface area contributed by atoms with Crippen molar-refractivity contribution in [1.82, 2.24) is 14.6 Å². The molecule has 0 saturated carbocycles. The Morgan fingerprint density at radius 1 is 1.14 bits per heavy atom. The van der Waals surface area contributed by atoms with E-state index < -0.39 is 0 Å². The molecule has 0 saturated heterocycles. The maximum absolute atomic E-state index is 12.9. The summed E-state index contributed by atoms with van der Waals surface area (Å²) in [5.74, 6) is 0.850. The molecule has 4 rings (SSSR count). The van der Waals surface area contributed by atoms with Gasteiger partial charge in [-0.1, -0.05) is 30.8 Å². The highest BCUT2D eigenvalue weighted by molar-refractivity contribution is 5.81. The maximum Gasteiger partial charge on any atom is 0.253 e. The molecule has 6 heteroatoms. The lowest BCUT2D eigenvalue weighted by Gasteiger charge is -2.17. The summed E-state index contributed by atoms with van der Waals surface area (Å²) in [6, 6.07) is 17.1. The maximum atomic E-state index is 12.9. The van der Waals surface area contributed by atoms with E-state index in [2.05, 4.69) is 17.0 Å². The third-order valence-electron chi connectivity index (χ3n) is 5.02. The SMILES string of the molecule is C=C1c2c(cc(=O)n(Cc3ccccn3)c2CCCOc2ccccc2)NN1C. The number of hydrogen-bond acceptors (Lipinski definition) is 5. The monoisotopic (exact) mass is 388 g/mol. The lowest BCUT2D eigenvalue weighted by Crippen LogP contribution is -2.25. The highest BCUT2D eigenvalue weighted by atomic mass is 16.5. The smallest absolute Gasteiger partial charge is 0.253 e. The minimum Gasteiger partial charge on any atom is -0.494 e. The van der Waals surface area contributed by atoms with E-state index in [1.54, 1.807) is 16.8 Å². The van der Waals surface area contributed by atoms with Crippen LogP contribution in [-0.2, 0) is 13.0 Å². The van der Waals surface area contributed by atoms with Gasteiger partial charge in [0.2, 0.25) is 0 Å². The van der Waals surface area contributed by atoms with E-state index in [1.807, 2.05) is 60.6 Å². The van der Waals surface area contributed by atoms with Gasteiger partial charge >= 0.3 is 0 Å². The Labute approximate surface area is 170 Å². The number of anilines is 1. The van der Waals surface area contributed by atoms with Crippen LogP contribution in [0.15, 0.2) is 72.2 Å². The number of fused-ring (bicyclic) bond motifs is 1. The molecule has 2 aromatic heterocycles. The van der Waals surface area contributed by atoms with Gasteiger partial charge in [-0.2, -0.15) is 0 Å². The molecule has 1 aliphatic rings. The minimum absolute atomic E-state index is 0.0519. The molecule has 29 heavy (non-hydrogen) atoms. The van der Waals surface area contributed by atoms with Gasteiger partial charge in [-0.25, -0.2) is 0 Å². The molecule has 0 unspecified atom stereocenters. The summed E-state index contributed by atoms with van der Waals surface area (Å²) in [5.41, 5.74) is 7.61. The van der Waals surface area contributed by atoms with E-state index >= 15 is 0 Å². The number of pyridine rings is 2. The Bertz CT molecular complexity index is 1060. The van der Waals surface area contributed by atoms with Crippen LogP contribution in [0.25, 0.3) is 5.70 Å². The first-order chi connectivity index (χ1) is 14.1. The quantitative estimate of drug-likeness (QED) is 0.628. The predicted octanol–water partition coefficient (Wildman–Crippen LogP) is 3.55. The molecule has 1 aliphatic heterocycles. The molecule has 0 amide bonds.